The van der Waals surface area contributed by atoms with Gasteiger partial charge in [-0.15, -0.1) is 0 Å². The van der Waals surface area contributed by atoms with Gasteiger partial charge in [0.15, 0.2) is 0 Å². The molecule has 0 saturated carbocycles. The fourth-order valence-electron chi connectivity index (χ4n) is 2.52. The number of aliphatic hydroxyl groups is 1. The highest BCUT2D eigenvalue weighted by atomic mass is 32.2. The van der Waals surface area contributed by atoms with Crippen molar-refractivity contribution in [3.63, 3.8) is 0 Å². The van der Waals surface area contributed by atoms with E-state index in [-0.39, 0.29) is 6.10 Å². The summed E-state index contributed by atoms with van der Waals surface area (Å²) in [6.45, 7) is 4.44. The zero-order chi connectivity index (χ0) is 13.0. The van der Waals surface area contributed by atoms with Crippen LogP contribution < -0.4 is 0 Å². The van der Waals surface area contributed by atoms with Crippen molar-refractivity contribution < 1.29 is 5.11 Å². The van der Waals surface area contributed by atoms with E-state index >= 15 is 0 Å². The molecule has 0 radical (unpaired) electrons. The Morgan fingerprint density at radius 3 is 2.72 bits per heavy atom. The Balaban J connectivity index is 1.82. The summed E-state index contributed by atoms with van der Waals surface area (Å²) in [4.78, 5) is 0. The van der Waals surface area contributed by atoms with Crippen LogP contribution in [0.25, 0.3) is 0 Å². The number of fused-ring (bicyclic) bond motifs is 1. The molecule has 1 nitrogen and oxygen atoms in total. The molecule has 1 aliphatic carbocycles. The Morgan fingerprint density at radius 2 is 1.94 bits per heavy atom. The minimum atomic E-state index is -0.201. The maximum Gasteiger partial charge on any atom is 0.0670 e. The van der Waals surface area contributed by atoms with Gasteiger partial charge in [0.2, 0.25) is 0 Å². The molecule has 1 atom stereocenters. The average molecular weight is 264 g/mol. The van der Waals surface area contributed by atoms with Crippen LogP contribution in [0.15, 0.2) is 18.2 Å². The summed E-state index contributed by atoms with van der Waals surface area (Å²) >= 11 is 1.86. The van der Waals surface area contributed by atoms with Crippen LogP contribution in [0, 0.1) is 5.92 Å². The van der Waals surface area contributed by atoms with Gasteiger partial charge < -0.3 is 5.11 Å². The first-order valence-corrected chi connectivity index (χ1v) is 8.17. The maximum absolute atomic E-state index is 10.0. The average Bonchev–Trinajstić information content (AvgIpc) is 2.75. The molecule has 0 saturated heterocycles. The number of aliphatic hydroxyl groups excluding tert-OH is 1. The molecule has 0 fully saturated rings. The normalized spacial score (nSPS) is 16.0. The molecule has 2 rings (SSSR count). The van der Waals surface area contributed by atoms with Gasteiger partial charge in [-0.3, -0.25) is 0 Å². The SMILES string of the molecule is CC(C)CSCC(O)Cc1ccc2c(c1)CCC2. The smallest absolute Gasteiger partial charge is 0.0670 e. The van der Waals surface area contributed by atoms with Crippen LogP contribution in [0.2, 0.25) is 0 Å². The summed E-state index contributed by atoms with van der Waals surface area (Å²) in [6.07, 6.45) is 4.36. The topological polar surface area (TPSA) is 20.2 Å². The van der Waals surface area contributed by atoms with E-state index in [4.69, 9.17) is 0 Å². The number of aryl methyl sites for hydroxylation is 2. The van der Waals surface area contributed by atoms with Gasteiger partial charge >= 0.3 is 0 Å². The predicted molar refractivity (Wildman–Crippen MR) is 80.3 cm³/mol. The van der Waals surface area contributed by atoms with Crippen LogP contribution in [0.1, 0.15) is 37.0 Å². The molecule has 0 heterocycles. The molecule has 18 heavy (non-hydrogen) atoms. The minimum Gasteiger partial charge on any atom is -0.392 e. The standard InChI is InChI=1S/C16H24OS/c1-12(2)10-18-11-16(17)9-13-6-7-14-4-3-5-15(14)8-13/h6-8,12,16-17H,3-5,9-11H2,1-2H3. The highest BCUT2D eigenvalue weighted by molar-refractivity contribution is 7.99. The van der Waals surface area contributed by atoms with Gasteiger partial charge in [-0.25, -0.2) is 0 Å². The van der Waals surface area contributed by atoms with Crippen LogP contribution in [-0.4, -0.2) is 22.7 Å². The van der Waals surface area contributed by atoms with Crippen molar-refractivity contribution in [3.05, 3.63) is 34.9 Å². The van der Waals surface area contributed by atoms with Gasteiger partial charge in [0.25, 0.3) is 0 Å². The molecular weight excluding hydrogens is 240 g/mol. The maximum atomic E-state index is 10.0. The lowest BCUT2D eigenvalue weighted by Gasteiger charge is -2.12. The van der Waals surface area contributed by atoms with Crippen molar-refractivity contribution in [3.8, 4) is 0 Å². The first-order valence-electron chi connectivity index (χ1n) is 7.01. The Morgan fingerprint density at radius 1 is 1.17 bits per heavy atom. The molecule has 1 aromatic carbocycles. The molecular formula is C16H24OS. The quantitative estimate of drug-likeness (QED) is 0.849. The summed E-state index contributed by atoms with van der Waals surface area (Å²) in [5.41, 5.74) is 4.32. The first kappa shape index (κ1) is 14.0. The summed E-state index contributed by atoms with van der Waals surface area (Å²) in [5.74, 6) is 2.71. The number of hydrogen-bond donors (Lipinski definition) is 1. The number of hydrogen-bond acceptors (Lipinski definition) is 2. The Labute approximate surface area is 115 Å². The molecule has 1 aliphatic rings. The fraction of sp³-hybridized carbons (Fsp3) is 0.625. The van der Waals surface area contributed by atoms with Gasteiger partial charge in [0.1, 0.15) is 0 Å². The van der Waals surface area contributed by atoms with Gasteiger partial charge in [-0.1, -0.05) is 32.0 Å². The van der Waals surface area contributed by atoms with Crippen molar-refractivity contribution in [2.75, 3.05) is 11.5 Å². The lowest BCUT2D eigenvalue weighted by Crippen LogP contribution is -2.14. The first-order chi connectivity index (χ1) is 8.65. The largest absolute Gasteiger partial charge is 0.392 e. The molecule has 0 aromatic heterocycles. The molecule has 1 unspecified atom stereocenters. The van der Waals surface area contributed by atoms with Gasteiger partial charge in [0.05, 0.1) is 6.10 Å². The summed E-state index contributed by atoms with van der Waals surface area (Å²) in [6, 6.07) is 6.75. The molecule has 2 heteroatoms. The van der Waals surface area contributed by atoms with E-state index < -0.39 is 0 Å². The fourth-order valence-corrected chi connectivity index (χ4v) is 3.52. The van der Waals surface area contributed by atoms with E-state index in [0.717, 1.165) is 17.9 Å². The number of rotatable bonds is 6. The second-order valence-electron chi connectivity index (χ2n) is 5.75. The summed E-state index contributed by atoms with van der Waals surface area (Å²) < 4.78 is 0. The molecule has 0 aliphatic heterocycles. The Bertz CT molecular complexity index is 387. The predicted octanol–water partition coefficient (Wildman–Crippen LogP) is 3.47. The highest BCUT2D eigenvalue weighted by Crippen LogP contribution is 2.23. The molecule has 100 valence electrons. The molecule has 1 N–H and O–H groups in total. The van der Waals surface area contributed by atoms with Gasteiger partial charge in [-0.2, -0.15) is 11.8 Å². The summed E-state index contributed by atoms with van der Waals surface area (Å²) in [7, 11) is 0. The van der Waals surface area contributed by atoms with E-state index in [2.05, 4.69) is 32.0 Å². The second kappa shape index (κ2) is 6.63. The molecule has 0 spiro atoms. The zero-order valence-corrected chi connectivity index (χ0v) is 12.3. The highest BCUT2D eigenvalue weighted by Gasteiger charge is 2.12. The minimum absolute atomic E-state index is 0.201. The third kappa shape index (κ3) is 4.03. The third-order valence-corrected chi connectivity index (χ3v) is 4.92. The monoisotopic (exact) mass is 264 g/mol. The zero-order valence-electron chi connectivity index (χ0n) is 11.5. The molecule has 1 aromatic rings. The van der Waals surface area contributed by atoms with Crippen molar-refractivity contribution in [1.29, 1.82) is 0 Å². The van der Waals surface area contributed by atoms with E-state index in [9.17, 15) is 5.11 Å². The van der Waals surface area contributed by atoms with Crippen LogP contribution in [0.5, 0.6) is 0 Å². The van der Waals surface area contributed by atoms with E-state index in [1.807, 2.05) is 11.8 Å². The van der Waals surface area contributed by atoms with Crippen molar-refractivity contribution >= 4 is 11.8 Å². The lowest BCUT2D eigenvalue weighted by atomic mass is 10.0. The lowest BCUT2D eigenvalue weighted by molar-refractivity contribution is 0.200. The van der Waals surface area contributed by atoms with Crippen LogP contribution in [0.3, 0.4) is 0 Å². The summed E-state index contributed by atoms with van der Waals surface area (Å²) in [5, 5.41) is 10.0. The third-order valence-electron chi connectivity index (χ3n) is 3.40. The van der Waals surface area contributed by atoms with Crippen molar-refractivity contribution in [2.24, 2.45) is 5.92 Å². The van der Waals surface area contributed by atoms with E-state index in [1.165, 1.54) is 36.0 Å². The van der Waals surface area contributed by atoms with Crippen LogP contribution >= 0.6 is 11.8 Å². The Kier molecular flexibility index (Phi) is 5.13. The van der Waals surface area contributed by atoms with Gasteiger partial charge in [0, 0.05) is 5.75 Å². The Hall–Kier alpha value is -0.470. The van der Waals surface area contributed by atoms with Gasteiger partial charge in [-0.05, 0) is 54.0 Å². The van der Waals surface area contributed by atoms with E-state index in [0.29, 0.717) is 5.92 Å². The van der Waals surface area contributed by atoms with Crippen LogP contribution in [0.4, 0.5) is 0 Å². The number of thioether (sulfide) groups is 1. The second-order valence-corrected chi connectivity index (χ2v) is 6.82. The van der Waals surface area contributed by atoms with Crippen LogP contribution in [-0.2, 0) is 19.3 Å². The molecule has 0 bridgehead atoms. The van der Waals surface area contributed by atoms with Crippen molar-refractivity contribution in [1.82, 2.24) is 0 Å². The molecule has 0 amide bonds. The van der Waals surface area contributed by atoms with E-state index in [1.54, 1.807) is 0 Å². The number of benzene rings is 1. The van der Waals surface area contributed by atoms with Crippen molar-refractivity contribution in [2.45, 2.75) is 45.6 Å².